The van der Waals surface area contributed by atoms with Crippen LogP contribution < -0.4 is 5.32 Å². The number of hydrogen-bond acceptors (Lipinski definition) is 2. The number of hydrogen-bond donors (Lipinski definition) is 1. The van der Waals surface area contributed by atoms with Gasteiger partial charge in [-0.3, -0.25) is 0 Å². The molecule has 15 heavy (non-hydrogen) atoms. The Labute approximate surface area is 99.9 Å². The minimum Gasteiger partial charge on any atom is -0.381 e. The summed E-state index contributed by atoms with van der Waals surface area (Å²) in [5.74, 6) is 0.899. The zero-order valence-electron chi connectivity index (χ0n) is 9.54. The molecule has 90 valence electrons. The Balaban J connectivity index is 0.00000196. The van der Waals surface area contributed by atoms with Crippen molar-refractivity contribution < 1.29 is 4.74 Å². The van der Waals surface area contributed by atoms with E-state index >= 15 is 0 Å². The lowest BCUT2D eigenvalue weighted by Crippen LogP contribution is -2.28. The highest BCUT2D eigenvalue weighted by molar-refractivity contribution is 5.85. The number of piperidine rings is 1. The van der Waals surface area contributed by atoms with Crippen molar-refractivity contribution in [2.24, 2.45) is 5.92 Å². The smallest absolute Gasteiger partial charge is 0.0468 e. The fourth-order valence-electron chi connectivity index (χ4n) is 1.85. The van der Waals surface area contributed by atoms with Crippen LogP contribution in [0.4, 0.5) is 0 Å². The van der Waals surface area contributed by atoms with Crippen molar-refractivity contribution >= 4 is 12.4 Å². The van der Waals surface area contributed by atoms with Gasteiger partial charge < -0.3 is 10.1 Å². The molecule has 1 heterocycles. The van der Waals surface area contributed by atoms with Crippen molar-refractivity contribution in [1.82, 2.24) is 5.32 Å². The second kappa shape index (κ2) is 10.5. The van der Waals surface area contributed by atoms with Gasteiger partial charge >= 0.3 is 0 Å². The van der Waals surface area contributed by atoms with Crippen LogP contribution in [0.5, 0.6) is 0 Å². The van der Waals surface area contributed by atoms with Crippen LogP contribution in [0.1, 0.15) is 32.1 Å². The normalized spacial score (nSPS) is 17.1. The molecule has 0 radical (unpaired) electrons. The summed E-state index contributed by atoms with van der Waals surface area (Å²) in [6, 6.07) is 0. The largest absolute Gasteiger partial charge is 0.381 e. The third-order valence-corrected chi connectivity index (χ3v) is 2.83. The molecule has 0 amide bonds. The Morgan fingerprint density at radius 3 is 2.67 bits per heavy atom. The lowest BCUT2D eigenvalue weighted by atomic mass is 9.95. The minimum atomic E-state index is 0. The molecule has 0 spiro atoms. The summed E-state index contributed by atoms with van der Waals surface area (Å²) in [5, 5.41) is 3.38. The van der Waals surface area contributed by atoms with Crippen molar-refractivity contribution in [1.29, 1.82) is 0 Å². The van der Waals surface area contributed by atoms with Crippen molar-refractivity contribution in [3.8, 4) is 0 Å². The molecule has 1 aliphatic heterocycles. The molecule has 2 nitrogen and oxygen atoms in total. The Hall–Kier alpha value is -0.0500. The van der Waals surface area contributed by atoms with Gasteiger partial charge in [-0.2, -0.15) is 0 Å². The molecule has 3 heteroatoms. The summed E-state index contributed by atoms with van der Waals surface area (Å²) < 4.78 is 5.57. The van der Waals surface area contributed by atoms with E-state index in [0.29, 0.717) is 0 Å². The van der Waals surface area contributed by atoms with Crippen LogP contribution in [0, 0.1) is 5.92 Å². The van der Waals surface area contributed by atoms with Gasteiger partial charge in [0.2, 0.25) is 0 Å². The molecule has 1 saturated heterocycles. The molecule has 0 aliphatic carbocycles. The summed E-state index contributed by atoms with van der Waals surface area (Å²) in [6.07, 6.45) is 8.06. The molecule has 0 atom stereocenters. The van der Waals surface area contributed by atoms with Crippen LogP contribution in [0.25, 0.3) is 0 Å². The predicted molar refractivity (Wildman–Crippen MR) is 67.7 cm³/mol. The van der Waals surface area contributed by atoms with Crippen molar-refractivity contribution in [3.05, 3.63) is 12.7 Å². The molecule has 1 fully saturated rings. The summed E-state index contributed by atoms with van der Waals surface area (Å²) in [4.78, 5) is 0. The number of nitrogens with one attached hydrogen (secondary N) is 1. The quantitative estimate of drug-likeness (QED) is 0.540. The van der Waals surface area contributed by atoms with Gasteiger partial charge in [0.05, 0.1) is 0 Å². The van der Waals surface area contributed by atoms with Crippen LogP contribution in [-0.2, 0) is 4.74 Å². The van der Waals surface area contributed by atoms with Gasteiger partial charge in [0, 0.05) is 13.2 Å². The summed E-state index contributed by atoms with van der Waals surface area (Å²) >= 11 is 0. The van der Waals surface area contributed by atoms with Gasteiger partial charge in [-0.25, -0.2) is 0 Å². The van der Waals surface area contributed by atoms with E-state index in [1.807, 2.05) is 6.08 Å². The zero-order valence-corrected chi connectivity index (χ0v) is 10.4. The fourth-order valence-corrected chi connectivity index (χ4v) is 1.85. The Bertz CT molecular complexity index is 147. The molecule has 1 aliphatic rings. The molecule has 1 rings (SSSR count). The van der Waals surface area contributed by atoms with E-state index in [1.54, 1.807) is 0 Å². The maximum Gasteiger partial charge on any atom is 0.0468 e. The van der Waals surface area contributed by atoms with Crippen molar-refractivity contribution in [3.63, 3.8) is 0 Å². The average molecular weight is 234 g/mol. The van der Waals surface area contributed by atoms with Crippen LogP contribution in [0.15, 0.2) is 12.7 Å². The van der Waals surface area contributed by atoms with Gasteiger partial charge in [-0.05, 0) is 51.1 Å². The Kier molecular flexibility index (Phi) is 10.4. The molecule has 0 bridgehead atoms. The van der Waals surface area contributed by atoms with E-state index in [0.717, 1.165) is 32.0 Å². The lowest BCUT2D eigenvalue weighted by Gasteiger charge is -2.22. The first-order chi connectivity index (χ1) is 6.93. The predicted octanol–water partition coefficient (Wildman–Crippen LogP) is 2.78. The standard InChI is InChI=1S/C12H23NO.ClH/c1-2-3-4-10-14-11-7-12-5-8-13-9-6-12;/h2,12-13H,1,3-11H2;1H. The maximum absolute atomic E-state index is 5.57. The fraction of sp³-hybridized carbons (Fsp3) is 0.833. The van der Waals surface area contributed by atoms with Gasteiger partial charge in [0.25, 0.3) is 0 Å². The van der Waals surface area contributed by atoms with Crippen molar-refractivity contribution in [2.45, 2.75) is 32.1 Å². The topological polar surface area (TPSA) is 21.3 Å². The number of halogens is 1. The van der Waals surface area contributed by atoms with E-state index < -0.39 is 0 Å². The van der Waals surface area contributed by atoms with E-state index in [4.69, 9.17) is 4.74 Å². The Morgan fingerprint density at radius 1 is 1.27 bits per heavy atom. The van der Waals surface area contributed by atoms with Gasteiger partial charge in [0.1, 0.15) is 0 Å². The number of allylic oxidation sites excluding steroid dienone is 1. The van der Waals surface area contributed by atoms with Gasteiger partial charge in [-0.1, -0.05) is 6.08 Å². The van der Waals surface area contributed by atoms with Gasteiger partial charge in [0.15, 0.2) is 0 Å². The minimum absolute atomic E-state index is 0. The second-order valence-corrected chi connectivity index (χ2v) is 4.03. The van der Waals surface area contributed by atoms with Crippen LogP contribution in [0.3, 0.4) is 0 Å². The lowest BCUT2D eigenvalue weighted by molar-refractivity contribution is 0.113. The zero-order chi connectivity index (χ0) is 10.1. The number of rotatable bonds is 7. The monoisotopic (exact) mass is 233 g/mol. The highest BCUT2D eigenvalue weighted by Gasteiger charge is 2.11. The Morgan fingerprint density at radius 2 is 2.00 bits per heavy atom. The highest BCUT2D eigenvalue weighted by Crippen LogP contribution is 2.15. The third-order valence-electron chi connectivity index (χ3n) is 2.83. The molecule has 0 aromatic carbocycles. The molecule has 0 aromatic rings. The average Bonchev–Trinajstić information content (AvgIpc) is 2.25. The third kappa shape index (κ3) is 7.83. The first-order valence-corrected chi connectivity index (χ1v) is 5.83. The molecule has 0 unspecified atom stereocenters. The van der Waals surface area contributed by atoms with E-state index in [2.05, 4.69) is 11.9 Å². The molecule has 0 saturated carbocycles. The number of unbranched alkanes of at least 4 members (excludes halogenated alkanes) is 1. The summed E-state index contributed by atoms with van der Waals surface area (Å²) in [7, 11) is 0. The highest BCUT2D eigenvalue weighted by atomic mass is 35.5. The van der Waals surface area contributed by atoms with Crippen LogP contribution >= 0.6 is 12.4 Å². The van der Waals surface area contributed by atoms with E-state index in [9.17, 15) is 0 Å². The van der Waals surface area contributed by atoms with Crippen molar-refractivity contribution in [2.75, 3.05) is 26.3 Å². The van der Waals surface area contributed by atoms with Crippen LogP contribution in [-0.4, -0.2) is 26.3 Å². The second-order valence-electron chi connectivity index (χ2n) is 4.03. The first-order valence-electron chi connectivity index (χ1n) is 5.83. The van der Waals surface area contributed by atoms with E-state index in [-0.39, 0.29) is 12.4 Å². The molecular formula is C12H24ClNO. The molecular weight excluding hydrogens is 210 g/mol. The summed E-state index contributed by atoms with van der Waals surface area (Å²) in [5.41, 5.74) is 0. The summed E-state index contributed by atoms with van der Waals surface area (Å²) in [6.45, 7) is 7.93. The first kappa shape index (κ1) is 14.9. The van der Waals surface area contributed by atoms with E-state index in [1.165, 1.54) is 32.4 Å². The number of ether oxygens (including phenoxy) is 1. The van der Waals surface area contributed by atoms with Gasteiger partial charge in [-0.15, -0.1) is 19.0 Å². The van der Waals surface area contributed by atoms with Crippen LogP contribution in [0.2, 0.25) is 0 Å². The SMILES string of the molecule is C=CCCCOCCC1CCNCC1.Cl. The molecule has 1 N–H and O–H groups in total. The maximum atomic E-state index is 5.57. The molecule has 0 aromatic heterocycles.